The summed E-state index contributed by atoms with van der Waals surface area (Å²) in [7, 11) is 2.04. The van der Waals surface area contributed by atoms with Gasteiger partial charge in [0.25, 0.3) is 0 Å². The van der Waals surface area contributed by atoms with Crippen LogP contribution in [0.4, 0.5) is 23.0 Å². The standard InChI is InChI=1S/C16H20ClN7O2/c1-11-12(17)4-3-5-13(11)20-15-14(24(25)26)16(19-10-18-15)21-23-8-6-22(2)7-9-23/h3-5,10H,6-9H2,1-2H3,(H2,18,19,20,21). The maximum absolute atomic E-state index is 11.7. The van der Waals surface area contributed by atoms with Crippen molar-refractivity contribution in [1.82, 2.24) is 19.9 Å². The molecule has 2 aromatic rings. The van der Waals surface area contributed by atoms with Gasteiger partial charge in [-0.1, -0.05) is 17.7 Å². The highest BCUT2D eigenvalue weighted by molar-refractivity contribution is 6.31. The highest BCUT2D eigenvalue weighted by atomic mass is 35.5. The molecule has 0 radical (unpaired) electrons. The largest absolute Gasteiger partial charge is 0.354 e. The lowest BCUT2D eigenvalue weighted by atomic mass is 10.2. The van der Waals surface area contributed by atoms with E-state index in [4.69, 9.17) is 11.6 Å². The quantitative estimate of drug-likeness (QED) is 0.606. The Morgan fingerprint density at radius 2 is 1.88 bits per heavy atom. The van der Waals surface area contributed by atoms with Crippen LogP contribution in [0, 0.1) is 17.0 Å². The number of nitro groups is 1. The minimum Gasteiger partial charge on any atom is -0.334 e. The molecule has 1 aromatic heterocycles. The Hall–Kier alpha value is -2.49. The maximum Gasteiger partial charge on any atom is 0.354 e. The molecule has 1 fully saturated rings. The van der Waals surface area contributed by atoms with Gasteiger partial charge in [0.2, 0.25) is 11.6 Å². The van der Waals surface area contributed by atoms with E-state index in [-0.39, 0.29) is 17.3 Å². The third-order valence-electron chi connectivity index (χ3n) is 4.29. The van der Waals surface area contributed by atoms with Crippen molar-refractivity contribution in [3.05, 3.63) is 45.2 Å². The molecule has 10 heteroatoms. The van der Waals surface area contributed by atoms with E-state index in [0.29, 0.717) is 10.7 Å². The smallest absolute Gasteiger partial charge is 0.334 e. The number of hydrogen-bond donors (Lipinski definition) is 2. The molecule has 1 aromatic carbocycles. The number of nitrogens with zero attached hydrogens (tertiary/aromatic N) is 5. The molecule has 0 amide bonds. The first-order valence-electron chi connectivity index (χ1n) is 8.17. The van der Waals surface area contributed by atoms with Crippen LogP contribution in [-0.4, -0.2) is 58.0 Å². The Labute approximate surface area is 156 Å². The zero-order valence-corrected chi connectivity index (χ0v) is 15.3. The molecule has 0 spiro atoms. The van der Waals surface area contributed by atoms with Crippen molar-refractivity contribution < 1.29 is 4.92 Å². The highest BCUT2D eigenvalue weighted by Gasteiger charge is 2.26. The van der Waals surface area contributed by atoms with Crippen molar-refractivity contribution in [2.45, 2.75) is 6.92 Å². The first-order chi connectivity index (χ1) is 12.5. The Morgan fingerprint density at radius 3 is 2.58 bits per heavy atom. The fourth-order valence-electron chi connectivity index (χ4n) is 2.66. The predicted octanol–water partition coefficient (Wildman–Crippen LogP) is 2.66. The molecule has 3 rings (SSSR count). The lowest BCUT2D eigenvalue weighted by Gasteiger charge is -2.32. The van der Waals surface area contributed by atoms with Crippen molar-refractivity contribution >= 4 is 34.6 Å². The minimum absolute atomic E-state index is 0.118. The first kappa shape index (κ1) is 18.3. The van der Waals surface area contributed by atoms with Crippen LogP contribution in [0.25, 0.3) is 0 Å². The van der Waals surface area contributed by atoms with Crippen LogP contribution in [0.1, 0.15) is 5.56 Å². The van der Waals surface area contributed by atoms with Crippen molar-refractivity contribution in [2.24, 2.45) is 0 Å². The Balaban J connectivity index is 1.89. The van der Waals surface area contributed by atoms with Gasteiger partial charge in [-0.05, 0) is 31.7 Å². The van der Waals surface area contributed by atoms with Gasteiger partial charge in [-0.3, -0.25) is 15.5 Å². The number of hydrogen-bond acceptors (Lipinski definition) is 8. The van der Waals surface area contributed by atoms with Crippen LogP contribution in [0.5, 0.6) is 0 Å². The first-order valence-corrected chi connectivity index (χ1v) is 8.55. The number of hydrazine groups is 1. The third kappa shape index (κ3) is 4.01. The van der Waals surface area contributed by atoms with E-state index in [2.05, 4.69) is 25.6 Å². The molecule has 2 heterocycles. The highest BCUT2D eigenvalue weighted by Crippen LogP contribution is 2.33. The number of likely N-dealkylation sites (N-methyl/N-ethyl adjacent to an activating group) is 1. The second-order valence-electron chi connectivity index (χ2n) is 6.12. The van der Waals surface area contributed by atoms with Crippen molar-refractivity contribution in [3.63, 3.8) is 0 Å². The average molecular weight is 378 g/mol. The van der Waals surface area contributed by atoms with Gasteiger partial charge in [0.1, 0.15) is 6.33 Å². The van der Waals surface area contributed by atoms with Gasteiger partial charge in [-0.25, -0.2) is 15.0 Å². The lowest BCUT2D eigenvalue weighted by molar-refractivity contribution is -0.383. The number of benzene rings is 1. The van der Waals surface area contributed by atoms with Crippen LogP contribution in [0.2, 0.25) is 5.02 Å². The van der Waals surface area contributed by atoms with Gasteiger partial charge in [0.05, 0.1) is 4.92 Å². The van der Waals surface area contributed by atoms with Gasteiger partial charge in [-0.2, -0.15) is 0 Å². The fourth-order valence-corrected chi connectivity index (χ4v) is 2.84. The molecule has 1 saturated heterocycles. The van der Waals surface area contributed by atoms with Gasteiger partial charge in [-0.15, -0.1) is 0 Å². The van der Waals surface area contributed by atoms with Crippen LogP contribution in [0.15, 0.2) is 24.5 Å². The van der Waals surface area contributed by atoms with Gasteiger partial charge in [0.15, 0.2) is 0 Å². The van der Waals surface area contributed by atoms with E-state index in [1.165, 1.54) is 6.33 Å². The summed E-state index contributed by atoms with van der Waals surface area (Å²) in [5.74, 6) is 0.281. The van der Waals surface area contributed by atoms with Crippen molar-refractivity contribution in [2.75, 3.05) is 44.0 Å². The predicted molar refractivity (Wildman–Crippen MR) is 101 cm³/mol. The van der Waals surface area contributed by atoms with Crippen LogP contribution < -0.4 is 10.7 Å². The molecule has 1 aliphatic heterocycles. The van der Waals surface area contributed by atoms with Gasteiger partial charge >= 0.3 is 5.69 Å². The second kappa shape index (κ2) is 7.81. The van der Waals surface area contributed by atoms with E-state index in [1.54, 1.807) is 18.2 Å². The normalized spacial score (nSPS) is 15.7. The van der Waals surface area contributed by atoms with E-state index < -0.39 is 4.92 Å². The summed E-state index contributed by atoms with van der Waals surface area (Å²) >= 11 is 6.12. The molecule has 26 heavy (non-hydrogen) atoms. The SMILES string of the molecule is Cc1c(Cl)cccc1Nc1ncnc(NN2CCN(C)CC2)c1[N+](=O)[O-]. The third-order valence-corrected chi connectivity index (χ3v) is 4.70. The minimum atomic E-state index is -0.485. The molecular weight excluding hydrogens is 358 g/mol. The maximum atomic E-state index is 11.7. The summed E-state index contributed by atoms with van der Waals surface area (Å²) < 4.78 is 0. The monoisotopic (exact) mass is 377 g/mol. The Morgan fingerprint density at radius 1 is 1.19 bits per heavy atom. The molecule has 0 aliphatic carbocycles. The van der Waals surface area contributed by atoms with E-state index in [1.807, 2.05) is 19.0 Å². The lowest BCUT2D eigenvalue weighted by Crippen LogP contribution is -2.47. The van der Waals surface area contributed by atoms with Gasteiger partial charge < -0.3 is 10.2 Å². The zero-order chi connectivity index (χ0) is 18.7. The van der Waals surface area contributed by atoms with Crippen LogP contribution in [0.3, 0.4) is 0 Å². The topological polar surface area (TPSA) is 99.5 Å². The summed E-state index contributed by atoms with van der Waals surface area (Å²) in [6, 6.07) is 5.32. The van der Waals surface area contributed by atoms with Crippen LogP contribution in [-0.2, 0) is 0 Å². The molecule has 0 bridgehead atoms. The second-order valence-corrected chi connectivity index (χ2v) is 6.52. The number of piperazine rings is 1. The van der Waals surface area contributed by atoms with Crippen molar-refractivity contribution in [3.8, 4) is 0 Å². The van der Waals surface area contributed by atoms with E-state index >= 15 is 0 Å². The summed E-state index contributed by atoms with van der Waals surface area (Å²) in [6.07, 6.45) is 1.30. The molecule has 0 unspecified atom stereocenters. The number of aromatic nitrogens is 2. The molecular formula is C16H20ClN7O2. The van der Waals surface area contributed by atoms with Crippen molar-refractivity contribution in [1.29, 1.82) is 0 Å². The molecule has 138 valence electrons. The van der Waals surface area contributed by atoms with Crippen LogP contribution >= 0.6 is 11.6 Å². The summed E-state index contributed by atoms with van der Waals surface area (Å²) in [6.45, 7) is 5.07. The van der Waals surface area contributed by atoms with E-state index in [9.17, 15) is 10.1 Å². The molecule has 0 atom stereocenters. The zero-order valence-electron chi connectivity index (χ0n) is 14.6. The molecule has 0 saturated carbocycles. The van der Waals surface area contributed by atoms with E-state index in [0.717, 1.165) is 31.7 Å². The summed E-state index contributed by atoms with van der Waals surface area (Å²) in [4.78, 5) is 21.5. The Bertz CT molecular complexity index is 809. The average Bonchev–Trinajstić information content (AvgIpc) is 2.61. The Kier molecular flexibility index (Phi) is 5.50. The number of nitrogens with one attached hydrogen (secondary N) is 2. The molecule has 1 aliphatic rings. The fraction of sp³-hybridized carbons (Fsp3) is 0.375. The van der Waals surface area contributed by atoms with Gasteiger partial charge in [0, 0.05) is 36.9 Å². The number of rotatable bonds is 5. The molecule has 2 N–H and O–H groups in total. The number of halogens is 1. The molecule has 9 nitrogen and oxygen atoms in total. The summed E-state index contributed by atoms with van der Waals surface area (Å²) in [5, 5.41) is 17.2. The number of anilines is 3. The summed E-state index contributed by atoms with van der Waals surface area (Å²) in [5.41, 5.74) is 4.29.